The smallest absolute Gasteiger partial charge is 0.341 e. The molecule has 178 valence electrons. The van der Waals surface area contributed by atoms with Crippen molar-refractivity contribution in [3.05, 3.63) is 48.0 Å². The van der Waals surface area contributed by atoms with Crippen LogP contribution in [0.4, 0.5) is 11.4 Å². The van der Waals surface area contributed by atoms with Gasteiger partial charge in [0, 0.05) is 27.2 Å². The second-order valence-corrected chi connectivity index (χ2v) is 10.0. The molecule has 1 aliphatic heterocycles. The topological polar surface area (TPSA) is 105 Å². The number of para-hydroxylation sites is 2. The van der Waals surface area contributed by atoms with Gasteiger partial charge in [-0.15, -0.1) is 0 Å². The molecule has 1 saturated heterocycles. The van der Waals surface area contributed by atoms with Gasteiger partial charge < -0.3 is 19.7 Å². The number of benzene rings is 2. The van der Waals surface area contributed by atoms with Crippen molar-refractivity contribution in [2.75, 3.05) is 44.5 Å². The monoisotopic (exact) mass is 475 g/mol. The van der Waals surface area contributed by atoms with Crippen molar-refractivity contribution in [3.63, 3.8) is 0 Å². The first-order valence-corrected chi connectivity index (χ1v) is 12.1. The molecule has 0 bridgehead atoms. The molecule has 0 saturated carbocycles. The van der Waals surface area contributed by atoms with Gasteiger partial charge in [0.1, 0.15) is 5.75 Å². The van der Waals surface area contributed by atoms with E-state index < -0.39 is 28.0 Å². The van der Waals surface area contributed by atoms with Gasteiger partial charge in [0.15, 0.2) is 6.10 Å². The Morgan fingerprint density at radius 2 is 1.76 bits per heavy atom. The number of anilines is 2. The second kappa shape index (κ2) is 10.2. The van der Waals surface area contributed by atoms with E-state index in [9.17, 15) is 18.0 Å². The molecule has 3 rings (SSSR count). The normalized spacial score (nSPS) is 14.8. The van der Waals surface area contributed by atoms with E-state index in [-0.39, 0.29) is 10.5 Å². The first-order chi connectivity index (χ1) is 15.6. The maximum absolute atomic E-state index is 13.1. The van der Waals surface area contributed by atoms with Crippen molar-refractivity contribution in [2.45, 2.75) is 30.8 Å². The number of ether oxygens (including phenoxy) is 2. The largest absolute Gasteiger partial charge is 0.495 e. The van der Waals surface area contributed by atoms with Crippen LogP contribution in [0.1, 0.15) is 30.1 Å². The van der Waals surface area contributed by atoms with Crippen LogP contribution in [0.2, 0.25) is 0 Å². The number of methoxy groups -OCH3 is 1. The van der Waals surface area contributed by atoms with Crippen molar-refractivity contribution < 1.29 is 27.5 Å². The molecular weight excluding hydrogens is 446 g/mol. The summed E-state index contributed by atoms with van der Waals surface area (Å²) in [4.78, 5) is 27.7. The Bertz CT molecular complexity index is 1130. The van der Waals surface area contributed by atoms with E-state index >= 15 is 0 Å². The fraction of sp³-hybridized carbons (Fsp3) is 0.391. The number of esters is 1. The predicted molar refractivity (Wildman–Crippen MR) is 125 cm³/mol. The highest BCUT2D eigenvalue weighted by molar-refractivity contribution is 7.89. The minimum Gasteiger partial charge on any atom is -0.495 e. The number of amides is 1. The molecule has 1 atom stereocenters. The highest BCUT2D eigenvalue weighted by Crippen LogP contribution is 2.29. The quantitative estimate of drug-likeness (QED) is 0.585. The summed E-state index contributed by atoms with van der Waals surface area (Å²) in [6.07, 6.45) is 0.830. The van der Waals surface area contributed by atoms with Crippen LogP contribution >= 0.6 is 0 Å². The first-order valence-electron chi connectivity index (χ1n) is 10.6. The number of sulfonamides is 1. The summed E-state index contributed by atoms with van der Waals surface area (Å²) in [5.41, 5.74) is 1.15. The van der Waals surface area contributed by atoms with Crippen LogP contribution < -0.4 is 15.0 Å². The number of carbonyl (C=O) groups is 2. The molecule has 1 N–H and O–H groups in total. The molecule has 0 aromatic heterocycles. The lowest BCUT2D eigenvalue weighted by molar-refractivity contribution is -0.123. The van der Waals surface area contributed by atoms with Gasteiger partial charge in [-0.2, -0.15) is 0 Å². The van der Waals surface area contributed by atoms with Gasteiger partial charge in [-0.05, 0) is 50.1 Å². The Hall–Kier alpha value is -3.11. The number of carbonyl (C=O) groups excluding carboxylic acids is 2. The minimum absolute atomic E-state index is 0.0199. The number of rotatable bonds is 8. The molecule has 2 aromatic carbocycles. The van der Waals surface area contributed by atoms with E-state index in [1.807, 2.05) is 4.90 Å². The third kappa shape index (κ3) is 5.45. The molecule has 1 fully saturated rings. The SMILES string of the molecule is COc1ccccc1NC(=O)[C@H](C)OC(=O)c1cc(S(=O)(=O)N(C)C)ccc1N1CCCC1. The summed E-state index contributed by atoms with van der Waals surface area (Å²) in [5.74, 6) is -0.828. The molecule has 0 unspecified atom stereocenters. The Balaban J connectivity index is 1.85. The summed E-state index contributed by atoms with van der Waals surface area (Å²) in [6, 6.07) is 11.3. The molecule has 1 amide bonds. The van der Waals surface area contributed by atoms with Crippen LogP contribution in [-0.4, -0.2) is 65.0 Å². The van der Waals surface area contributed by atoms with E-state index in [4.69, 9.17) is 9.47 Å². The third-order valence-electron chi connectivity index (χ3n) is 5.43. The van der Waals surface area contributed by atoms with E-state index in [1.54, 1.807) is 30.3 Å². The summed E-state index contributed by atoms with van der Waals surface area (Å²) in [7, 11) is 0.582. The zero-order chi connectivity index (χ0) is 24.2. The van der Waals surface area contributed by atoms with Gasteiger partial charge in [0.2, 0.25) is 10.0 Å². The zero-order valence-electron chi connectivity index (χ0n) is 19.2. The zero-order valence-corrected chi connectivity index (χ0v) is 20.0. The van der Waals surface area contributed by atoms with E-state index in [0.29, 0.717) is 17.1 Å². The first kappa shape index (κ1) is 24.5. The van der Waals surface area contributed by atoms with Crippen LogP contribution in [0.3, 0.4) is 0 Å². The molecule has 0 radical (unpaired) electrons. The molecule has 10 heteroatoms. The fourth-order valence-corrected chi connectivity index (χ4v) is 4.47. The maximum Gasteiger partial charge on any atom is 0.341 e. The molecule has 0 aliphatic carbocycles. The van der Waals surface area contributed by atoms with Crippen LogP contribution in [0.15, 0.2) is 47.4 Å². The highest BCUT2D eigenvalue weighted by Gasteiger charge is 2.27. The van der Waals surface area contributed by atoms with Gasteiger partial charge in [-0.25, -0.2) is 17.5 Å². The standard InChI is InChI=1S/C23H29N3O6S/c1-16(22(27)24-19-9-5-6-10-21(19)31-4)32-23(28)18-15-17(33(29,30)25(2)3)11-12-20(18)26-13-7-8-14-26/h5-6,9-12,15-16H,7-8,13-14H2,1-4H3,(H,24,27)/t16-/m0/s1. The number of hydrogen-bond acceptors (Lipinski definition) is 7. The fourth-order valence-electron chi connectivity index (χ4n) is 3.54. The third-order valence-corrected chi connectivity index (χ3v) is 7.24. The van der Waals surface area contributed by atoms with Crippen LogP contribution in [-0.2, 0) is 19.6 Å². The van der Waals surface area contributed by atoms with Crippen molar-refractivity contribution in [3.8, 4) is 5.75 Å². The van der Waals surface area contributed by atoms with E-state index in [2.05, 4.69) is 5.32 Å². The number of nitrogens with zero attached hydrogens (tertiary/aromatic N) is 2. The van der Waals surface area contributed by atoms with Crippen molar-refractivity contribution in [1.82, 2.24) is 4.31 Å². The average Bonchev–Trinajstić information content (AvgIpc) is 3.33. The summed E-state index contributed by atoms with van der Waals surface area (Å²) < 4.78 is 37.0. The number of nitrogens with one attached hydrogen (secondary N) is 1. The molecule has 0 spiro atoms. The molecule has 2 aromatic rings. The van der Waals surface area contributed by atoms with E-state index in [0.717, 1.165) is 30.2 Å². The Morgan fingerprint density at radius 1 is 1.09 bits per heavy atom. The number of hydrogen-bond donors (Lipinski definition) is 1. The molecular formula is C23H29N3O6S. The van der Waals surface area contributed by atoms with Gasteiger partial charge in [-0.1, -0.05) is 12.1 Å². The molecule has 1 heterocycles. The molecule has 1 aliphatic rings. The Kier molecular flexibility index (Phi) is 7.60. The van der Waals surface area contributed by atoms with Gasteiger partial charge in [0.05, 0.1) is 28.9 Å². The lowest BCUT2D eigenvalue weighted by Gasteiger charge is -2.23. The van der Waals surface area contributed by atoms with Crippen molar-refractivity contribution >= 4 is 33.3 Å². The van der Waals surface area contributed by atoms with Crippen LogP contribution in [0, 0.1) is 0 Å². The van der Waals surface area contributed by atoms with Gasteiger partial charge >= 0.3 is 5.97 Å². The van der Waals surface area contributed by atoms with Gasteiger partial charge in [-0.3, -0.25) is 4.79 Å². The van der Waals surface area contributed by atoms with Gasteiger partial charge in [0.25, 0.3) is 5.91 Å². The average molecular weight is 476 g/mol. The summed E-state index contributed by atoms with van der Waals surface area (Å²) >= 11 is 0. The Labute approximate surface area is 194 Å². The van der Waals surface area contributed by atoms with Crippen LogP contribution in [0.5, 0.6) is 5.75 Å². The van der Waals surface area contributed by atoms with E-state index in [1.165, 1.54) is 40.3 Å². The summed E-state index contributed by atoms with van der Waals surface area (Å²) in [6.45, 7) is 2.96. The van der Waals surface area contributed by atoms with Crippen molar-refractivity contribution in [2.24, 2.45) is 0 Å². The lowest BCUT2D eigenvalue weighted by Crippen LogP contribution is -2.31. The summed E-state index contributed by atoms with van der Waals surface area (Å²) in [5, 5.41) is 2.68. The predicted octanol–water partition coefficient (Wildman–Crippen LogP) is 2.73. The van der Waals surface area contributed by atoms with Crippen molar-refractivity contribution in [1.29, 1.82) is 0 Å². The highest BCUT2D eigenvalue weighted by atomic mass is 32.2. The molecule has 9 nitrogen and oxygen atoms in total. The lowest BCUT2D eigenvalue weighted by atomic mass is 10.1. The molecule has 33 heavy (non-hydrogen) atoms. The van der Waals surface area contributed by atoms with Crippen LogP contribution in [0.25, 0.3) is 0 Å². The second-order valence-electron chi connectivity index (χ2n) is 7.90. The minimum atomic E-state index is -3.75. The Morgan fingerprint density at radius 3 is 2.39 bits per heavy atom. The maximum atomic E-state index is 13.1.